The lowest BCUT2D eigenvalue weighted by Crippen LogP contribution is -2.33. The van der Waals surface area contributed by atoms with Crippen LogP contribution in [0, 0.1) is 0 Å². The molecule has 0 unspecified atom stereocenters. The van der Waals surface area contributed by atoms with Gasteiger partial charge in [0.05, 0.1) is 0 Å². The van der Waals surface area contributed by atoms with Crippen LogP contribution in [0.25, 0.3) is 0 Å². The standard InChI is InChI=1S/C16H24ClNO/c1-4-5-11-18(12-10-17)16(19)15-8-6-14(7-9-15)13(2)3/h6-9,13H,4-5,10-12H2,1-3H3. The number of halogens is 1. The van der Waals surface area contributed by atoms with Crippen LogP contribution in [0.15, 0.2) is 24.3 Å². The van der Waals surface area contributed by atoms with E-state index in [0.29, 0.717) is 18.3 Å². The summed E-state index contributed by atoms with van der Waals surface area (Å²) in [5.41, 5.74) is 2.01. The van der Waals surface area contributed by atoms with Gasteiger partial charge in [-0.1, -0.05) is 39.3 Å². The number of unbranched alkanes of at least 4 members (excludes halogenated alkanes) is 1. The number of rotatable bonds is 7. The predicted octanol–water partition coefficient (Wildman–Crippen LogP) is 4.29. The van der Waals surface area contributed by atoms with Crippen LogP contribution in [0.4, 0.5) is 0 Å². The summed E-state index contributed by atoms with van der Waals surface area (Å²) in [4.78, 5) is 14.2. The molecule has 2 nitrogen and oxygen atoms in total. The monoisotopic (exact) mass is 281 g/mol. The second kappa shape index (κ2) is 8.21. The number of hydrogen-bond acceptors (Lipinski definition) is 1. The fourth-order valence-corrected chi connectivity index (χ4v) is 2.16. The van der Waals surface area contributed by atoms with Gasteiger partial charge in [-0.25, -0.2) is 0 Å². The average molecular weight is 282 g/mol. The van der Waals surface area contributed by atoms with Gasteiger partial charge in [0.25, 0.3) is 5.91 Å². The van der Waals surface area contributed by atoms with Gasteiger partial charge in [-0.05, 0) is 30.0 Å². The Hall–Kier alpha value is -1.02. The van der Waals surface area contributed by atoms with E-state index in [2.05, 4.69) is 20.8 Å². The highest BCUT2D eigenvalue weighted by Crippen LogP contribution is 2.16. The van der Waals surface area contributed by atoms with Gasteiger partial charge in [-0.3, -0.25) is 4.79 Å². The zero-order valence-electron chi connectivity index (χ0n) is 12.2. The highest BCUT2D eigenvalue weighted by atomic mass is 35.5. The summed E-state index contributed by atoms with van der Waals surface area (Å²) in [5, 5.41) is 0. The summed E-state index contributed by atoms with van der Waals surface area (Å²) in [5.74, 6) is 1.06. The zero-order valence-corrected chi connectivity index (χ0v) is 12.9. The summed E-state index contributed by atoms with van der Waals surface area (Å²) < 4.78 is 0. The molecule has 3 heteroatoms. The molecule has 0 aliphatic rings. The molecule has 0 spiro atoms. The molecule has 0 saturated heterocycles. The molecule has 19 heavy (non-hydrogen) atoms. The van der Waals surface area contributed by atoms with E-state index in [1.807, 2.05) is 29.2 Å². The highest BCUT2D eigenvalue weighted by molar-refractivity contribution is 6.18. The van der Waals surface area contributed by atoms with Crippen molar-refractivity contribution in [1.82, 2.24) is 4.90 Å². The van der Waals surface area contributed by atoms with E-state index in [0.717, 1.165) is 24.9 Å². The molecule has 1 amide bonds. The molecule has 0 aliphatic heterocycles. The minimum atomic E-state index is 0.0874. The molecule has 0 atom stereocenters. The molecule has 0 heterocycles. The van der Waals surface area contributed by atoms with Crippen LogP contribution in [0.2, 0.25) is 0 Å². The number of amides is 1. The van der Waals surface area contributed by atoms with E-state index in [-0.39, 0.29) is 5.91 Å². The summed E-state index contributed by atoms with van der Waals surface area (Å²) in [6, 6.07) is 7.92. The molecule has 1 aromatic carbocycles. The smallest absolute Gasteiger partial charge is 0.253 e. The third-order valence-electron chi connectivity index (χ3n) is 3.25. The van der Waals surface area contributed by atoms with Crippen LogP contribution in [0.1, 0.15) is 55.5 Å². The van der Waals surface area contributed by atoms with E-state index in [1.165, 1.54) is 5.56 Å². The lowest BCUT2D eigenvalue weighted by atomic mass is 10.0. The van der Waals surface area contributed by atoms with Crippen molar-refractivity contribution in [1.29, 1.82) is 0 Å². The van der Waals surface area contributed by atoms with Crippen molar-refractivity contribution in [2.75, 3.05) is 19.0 Å². The molecule has 0 bridgehead atoms. The third kappa shape index (κ3) is 4.87. The lowest BCUT2D eigenvalue weighted by Gasteiger charge is -2.21. The third-order valence-corrected chi connectivity index (χ3v) is 3.42. The minimum absolute atomic E-state index is 0.0874. The first-order valence-corrected chi connectivity index (χ1v) is 7.58. The van der Waals surface area contributed by atoms with E-state index >= 15 is 0 Å². The molecule has 0 N–H and O–H groups in total. The van der Waals surface area contributed by atoms with Crippen LogP contribution >= 0.6 is 11.6 Å². The summed E-state index contributed by atoms with van der Waals surface area (Å²) >= 11 is 5.78. The van der Waals surface area contributed by atoms with Gasteiger partial charge in [0, 0.05) is 24.5 Å². The minimum Gasteiger partial charge on any atom is -0.337 e. The first-order valence-electron chi connectivity index (χ1n) is 7.05. The number of benzene rings is 1. The normalized spacial score (nSPS) is 10.8. The van der Waals surface area contributed by atoms with Crippen molar-refractivity contribution in [2.24, 2.45) is 0 Å². The molecule has 0 aromatic heterocycles. The number of hydrogen-bond donors (Lipinski definition) is 0. The van der Waals surface area contributed by atoms with E-state index in [9.17, 15) is 4.79 Å². The van der Waals surface area contributed by atoms with Crippen LogP contribution in [0.5, 0.6) is 0 Å². The molecule has 1 rings (SSSR count). The largest absolute Gasteiger partial charge is 0.337 e. The van der Waals surface area contributed by atoms with Gasteiger partial charge in [0.1, 0.15) is 0 Å². The first kappa shape index (κ1) is 16.0. The maximum absolute atomic E-state index is 12.4. The Kier molecular flexibility index (Phi) is 6.93. The van der Waals surface area contributed by atoms with E-state index in [4.69, 9.17) is 11.6 Å². The molecule has 106 valence electrons. The molecule has 0 saturated carbocycles. The van der Waals surface area contributed by atoms with Gasteiger partial charge in [0.15, 0.2) is 0 Å². The molecule has 1 aromatic rings. The second-order valence-corrected chi connectivity index (χ2v) is 5.49. The number of alkyl halides is 1. The van der Waals surface area contributed by atoms with Crippen molar-refractivity contribution in [3.63, 3.8) is 0 Å². The van der Waals surface area contributed by atoms with Crippen LogP contribution < -0.4 is 0 Å². The topological polar surface area (TPSA) is 20.3 Å². The van der Waals surface area contributed by atoms with Crippen molar-refractivity contribution >= 4 is 17.5 Å². The van der Waals surface area contributed by atoms with E-state index in [1.54, 1.807) is 0 Å². The fourth-order valence-electron chi connectivity index (χ4n) is 1.96. The number of nitrogens with zero attached hydrogens (tertiary/aromatic N) is 1. The molecule has 0 radical (unpaired) electrons. The van der Waals surface area contributed by atoms with Crippen LogP contribution in [-0.4, -0.2) is 29.8 Å². The van der Waals surface area contributed by atoms with Crippen molar-refractivity contribution in [3.05, 3.63) is 35.4 Å². The Morgan fingerprint density at radius 1 is 1.21 bits per heavy atom. The first-order chi connectivity index (χ1) is 9.10. The highest BCUT2D eigenvalue weighted by Gasteiger charge is 2.14. The second-order valence-electron chi connectivity index (χ2n) is 5.11. The summed E-state index contributed by atoms with van der Waals surface area (Å²) in [6.45, 7) is 7.83. The van der Waals surface area contributed by atoms with Gasteiger partial charge in [0.2, 0.25) is 0 Å². The Morgan fingerprint density at radius 3 is 2.32 bits per heavy atom. The Balaban J connectivity index is 2.77. The van der Waals surface area contributed by atoms with Crippen molar-refractivity contribution < 1.29 is 4.79 Å². The van der Waals surface area contributed by atoms with Crippen LogP contribution in [-0.2, 0) is 0 Å². The van der Waals surface area contributed by atoms with Gasteiger partial charge in [-0.15, -0.1) is 11.6 Å². The molecule has 0 fully saturated rings. The van der Waals surface area contributed by atoms with Crippen LogP contribution in [0.3, 0.4) is 0 Å². The van der Waals surface area contributed by atoms with Gasteiger partial charge >= 0.3 is 0 Å². The maximum Gasteiger partial charge on any atom is 0.253 e. The molecule has 0 aliphatic carbocycles. The number of carbonyl (C=O) groups is 1. The summed E-state index contributed by atoms with van der Waals surface area (Å²) in [6.07, 6.45) is 2.10. The molecular formula is C16H24ClNO. The van der Waals surface area contributed by atoms with Crippen molar-refractivity contribution in [3.8, 4) is 0 Å². The Bertz CT molecular complexity index is 386. The maximum atomic E-state index is 12.4. The number of carbonyl (C=O) groups excluding carboxylic acids is 1. The quantitative estimate of drug-likeness (QED) is 0.683. The SMILES string of the molecule is CCCCN(CCCl)C(=O)c1ccc(C(C)C)cc1. The van der Waals surface area contributed by atoms with E-state index < -0.39 is 0 Å². The summed E-state index contributed by atoms with van der Waals surface area (Å²) in [7, 11) is 0. The van der Waals surface area contributed by atoms with Crippen molar-refractivity contribution in [2.45, 2.75) is 39.5 Å². The molecular weight excluding hydrogens is 258 g/mol. The lowest BCUT2D eigenvalue weighted by molar-refractivity contribution is 0.0763. The fraction of sp³-hybridized carbons (Fsp3) is 0.562. The van der Waals surface area contributed by atoms with Gasteiger partial charge in [-0.2, -0.15) is 0 Å². The predicted molar refractivity (Wildman–Crippen MR) is 82.1 cm³/mol. The Labute approximate surface area is 121 Å². The average Bonchev–Trinajstić information content (AvgIpc) is 2.42. The Morgan fingerprint density at radius 2 is 1.84 bits per heavy atom. The van der Waals surface area contributed by atoms with Gasteiger partial charge < -0.3 is 4.90 Å². The zero-order chi connectivity index (χ0) is 14.3.